The third-order valence-corrected chi connectivity index (χ3v) is 7.06. The number of Topliss-reactive ketones (excluding diaryl/α,β-unsaturated/α-hetero) is 1. The molecule has 2 unspecified atom stereocenters. The van der Waals surface area contributed by atoms with Crippen LogP contribution in [-0.2, 0) is 6.42 Å². The van der Waals surface area contributed by atoms with Gasteiger partial charge in [0.1, 0.15) is 5.82 Å². The summed E-state index contributed by atoms with van der Waals surface area (Å²) in [5.74, 6) is 0.777. The molecule has 3 aromatic rings. The van der Waals surface area contributed by atoms with E-state index in [9.17, 15) is 14.3 Å². The molecule has 2 aliphatic rings. The van der Waals surface area contributed by atoms with Crippen LogP contribution in [0, 0.1) is 17.7 Å². The van der Waals surface area contributed by atoms with Gasteiger partial charge >= 0.3 is 0 Å². The average molecular weight is 430 g/mol. The molecule has 164 valence electrons. The van der Waals surface area contributed by atoms with Crippen LogP contribution >= 0.6 is 0 Å². The molecule has 1 heterocycles. The second-order valence-electron chi connectivity index (χ2n) is 9.52. The number of likely N-dealkylation sites (tertiary alicyclic amines) is 1. The highest BCUT2D eigenvalue weighted by atomic mass is 19.1. The van der Waals surface area contributed by atoms with Crippen molar-refractivity contribution in [3.63, 3.8) is 0 Å². The van der Waals surface area contributed by atoms with Crippen molar-refractivity contribution >= 4 is 5.78 Å². The number of benzene rings is 3. The van der Waals surface area contributed by atoms with Crippen molar-refractivity contribution < 1.29 is 14.3 Å². The molecule has 0 bridgehead atoms. The first kappa shape index (κ1) is 21.0. The lowest BCUT2D eigenvalue weighted by Crippen LogP contribution is -2.34. The van der Waals surface area contributed by atoms with Gasteiger partial charge in [0.2, 0.25) is 0 Å². The predicted octanol–water partition coefficient (Wildman–Crippen LogP) is 4.99. The van der Waals surface area contributed by atoms with Crippen LogP contribution in [0.25, 0.3) is 11.1 Å². The molecule has 3 nitrogen and oxygen atoms in total. The first-order valence-electron chi connectivity index (χ1n) is 11.4. The van der Waals surface area contributed by atoms with Crippen LogP contribution in [0.2, 0.25) is 0 Å². The topological polar surface area (TPSA) is 40.5 Å². The van der Waals surface area contributed by atoms with E-state index in [1.807, 2.05) is 42.5 Å². The van der Waals surface area contributed by atoms with E-state index < -0.39 is 5.60 Å². The molecule has 0 aromatic heterocycles. The molecule has 1 aliphatic heterocycles. The number of hydrogen-bond donors (Lipinski definition) is 1. The Labute approximate surface area is 188 Å². The molecule has 5 rings (SSSR count). The Kier molecular flexibility index (Phi) is 5.66. The number of hydrogen-bond acceptors (Lipinski definition) is 3. The van der Waals surface area contributed by atoms with E-state index in [0.717, 1.165) is 37.1 Å². The van der Waals surface area contributed by atoms with Gasteiger partial charge in [-0.2, -0.15) is 0 Å². The Bertz CT molecular complexity index is 1060. The number of fused-ring (bicyclic) bond motifs is 1. The van der Waals surface area contributed by atoms with E-state index in [1.54, 1.807) is 12.1 Å². The normalized spacial score (nSPS) is 25.1. The number of carbonyl (C=O) groups excluding carboxylic acids is 1. The largest absolute Gasteiger partial charge is 0.390 e. The Hall–Kier alpha value is -2.82. The third-order valence-electron chi connectivity index (χ3n) is 7.06. The van der Waals surface area contributed by atoms with Gasteiger partial charge in [0.15, 0.2) is 5.78 Å². The zero-order chi connectivity index (χ0) is 22.1. The maximum absolute atomic E-state index is 13.1. The second kappa shape index (κ2) is 8.61. The first-order chi connectivity index (χ1) is 15.5. The van der Waals surface area contributed by atoms with Gasteiger partial charge in [0, 0.05) is 25.1 Å². The highest BCUT2D eigenvalue weighted by Gasteiger charge is 2.48. The van der Waals surface area contributed by atoms with Crippen molar-refractivity contribution in [2.24, 2.45) is 11.8 Å². The number of rotatable bonds is 6. The van der Waals surface area contributed by atoms with Gasteiger partial charge in [-0.1, -0.05) is 66.7 Å². The summed E-state index contributed by atoms with van der Waals surface area (Å²) in [5, 5.41) is 11.1. The van der Waals surface area contributed by atoms with Gasteiger partial charge in [0.05, 0.1) is 12.1 Å². The number of nitrogens with zero attached hydrogens (tertiary/aromatic N) is 1. The molecule has 1 N–H and O–H groups in total. The Morgan fingerprint density at radius 3 is 2.03 bits per heavy atom. The third kappa shape index (κ3) is 4.52. The zero-order valence-electron chi connectivity index (χ0n) is 18.1. The van der Waals surface area contributed by atoms with E-state index in [-0.39, 0.29) is 11.6 Å². The smallest absolute Gasteiger partial charge is 0.176 e. The summed E-state index contributed by atoms with van der Waals surface area (Å²) < 4.78 is 13.1. The Balaban J connectivity index is 1.16. The van der Waals surface area contributed by atoms with Crippen LogP contribution < -0.4 is 0 Å². The zero-order valence-corrected chi connectivity index (χ0v) is 18.1. The molecule has 0 amide bonds. The van der Waals surface area contributed by atoms with Crippen LogP contribution in [0.4, 0.5) is 4.39 Å². The molecule has 1 aliphatic carbocycles. The van der Waals surface area contributed by atoms with Crippen LogP contribution in [0.5, 0.6) is 0 Å². The number of ketones is 1. The standard InChI is InChI=1S/C28H28FNO2/c29-26-12-10-22(11-13-26)21-6-8-23(9-7-21)27(31)19-30-17-24-15-28(32,16-25(24)18-30)14-20-4-2-1-3-5-20/h1-13,24-25,32H,14-19H2. The molecule has 32 heavy (non-hydrogen) atoms. The molecule has 4 heteroatoms. The van der Waals surface area contributed by atoms with Gasteiger partial charge in [-0.15, -0.1) is 0 Å². The molecule has 1 saturated heterocycles. The predicted molar refractivity (Wildman–Crippen MR) is 124 cm³/mol. The van der Waals surface area contributed by atoms with Crippen molar-refractivity contribution in [3.05, 3.63) is 95.8 Å². The fourth-order valence-corrected chi connectivity index (χ4v) is 5.59. The van der Waals surface area contributed by atoms with Crippen LogP contribution in [0.1, 0.15) is 28.8 Å². The summed E-state index contributed by atoms with van der Waals surface area (Å²) in [7, 11) is 0. The lowest BCUT2D eigenvalue weighted by atomic mass is 9.91. The summed E-state index contributed by atoms with van der Waals surface area (Å²) in [5.41, 5.74) is 3.17. The van der Waals surface area contributed by atoms with Crippen LogP contribution in [-0.4, -0.2) is 41.0 Å². The second-order valence-corrected chi connectivity index (χ2v) is 9.52. The SMILES string of the molecule is O=C(CN1CC2CC(O)(Cc3ccccc3)CC2C1)c1ccc(-c2ccc(F)cc2)cc1. The Morgan fingerprint density at radius 1 is 0.875 bits per heavy atom. The fourth-order valence-electron chi connectivity index (χ4n) is 5.59. The number of aliphatic hydroxyl groups is 1. The molecule has 2 fully saturated rings. The maximum Gasteiger partial charge on any atom is 0.176 e. The van der Waals surface area contributed by atoms with Gasteiger partial charge in [0.25, 0.3) is 0 Å². The summed E-state index contributed by atoms with van der Waals surface area (Å²) in [6.45, 7) is 2.17. The van der Waals surface area contributed by atoms with Crippen LogP contribution in [0.15, 0.2) is 78.9 Å². The lowest BCUT2D eigenvalue weighted by Gasteiger charge is -2.26. The molecule has 2 atom stereocenters. The van der Waals surface area contributed by atoms with Crippen molar-refractivity contribution in [2.45, 2.75) is 24.9 Å². The maximum atomic E-state index is 13.1. The minimum Gasteiger partial charge on any atom is -0.390 e. The minimum atomic E-state index is -0.622. The van der Waals surface area contributed by atoms with Gasteiger partial charge in [-0.05, 0) is 53.5 Å². The molecule has 0 radical (unpaired) electrons. The average Bonchev–Trinajstić information content (AvgIpc) is 3.28. The van der Waals surface area contributed by atoms with E-state index >= 15 is 0 Å². The van der Waals surface area contributed by atoms with E-state index in [4.69, 9.17) is 0 Å². The highest BCUT2D eigenvalue weighted by molar-refractivity contribution is 5.98. The van der Waals surface area contributed by atoms with Crippen molar-refractivity contribution in [1.29, 1.82) is 0 Å². The summed E-state index contributed by atoms with van der Waals surface area (Å²) in [6, 6.07) is 24.1. The quantitative estimate of drug-likeness (QED) is 0.561. The molecule has 0 spiro atoms. The van der Waals surface area contributed by atoms with E-state index in [0.29, 0.717) is 30.4 Å². The summed E-state index contributed by atoms with van der Waals surface area (Å²) >= 11 is 0. The molecular weight excluding hydrogens is 401 g/mol. The molecule has 3 aromatic carbocycles. The number of halogens is 1. The van der Waals surface area contributed by atoms with Gasteiger partial charge in [-0.3, -0.25) is 9.69 Å². The van der Waals surface area contributed by atoms with Crippen molar-refractivity contribution in [1.82, 2.24) is 4.90 Å². The van der Waals surface area contributed by atoms with Crippen molar-refractivity contribution in [2.75, 3.05) is 19.6 Å². The van der Waals surface area contributed by atoms with Gasteiger partial charge < -0.3 is 5.11 Å². The molecule has 1 saturated carbocycles. The minimum absolute atomic E-state index is 0.121. The number of carbonyl (C=O) groups is 1. The summed E-state index contributed by atoms with van der Waals surface area (Å²) in [6.07, 6.45) is 2.33. The fraction of sp³-hybridized carbons (Fsp3) is 0.321. The highest BCUT2D eigenvalue weighted by Crippen LogP contribution is 2.45. The van der Waals surface area contributed by atoms with E-state index in [2.05, 4.69) is 17.0 Å². The van der Waals surface area contributed by atoms with Gasteiger partial charge in [-0.25, -0.2) is 4.39 Å². The van der Waals surface area contributed by atoms with Crippen molar-refractivity contribution in [3.8, 4) is 11.1 Å². The first-order valence-corrected chi connectivity index (χ1v) is 11.4. The Morgan fingerprint density at radius 2 is 1.44 bits per heavy atom. The molecular formula is C28H28FNO2. The lowest BCUT2D eigenvalue weighted by molar-refractivity contribution is 0.0355. The monoisotopic (exact) mass is 429 g/mol. The summed E-state index contributed by atoms with van der Waals surface area (Å²) in [4.78, 5) is 15.1. The van der Waals surface area contributed by atoms with E-state index in [1.165, 1.54) is 17.7 Å². The van der Waals surface area contributed by atoms with Crippen LogP contribution in [0.3, 0.4) is 0 Å².